The molecule has 2 fully saturated rings. The van der Waals surface area contributed by atoms with Crippen LogP contribution in [0, 0.1) is 6.61 Å². The second-order valence-corrected chi connectivity index (χ2v) is 5.68. The van der Waals surface area contributed by atoms with E-state index in [-0.39, 0.29) is 5.91 Å². The maximum atomic E-state index is 12.3. The predicted molar refractivity (Wildman–Crippen MR) is 71.9 cm³/mol. The number of methoxy groups -OCH3 is 1. The van der Waals surface area contributed by atoms with E-state index in [9.17, 15) is 4.79 Å². The van der Waals surface area contributed by atoms with E-state index in [1.165, 1.54) is 70.8 Å². The van der Waals surface area contributed by atoms with Crippen molar-refractivity contribution < 1.29 is 9.53 Å². The van der Waals surface area contributed by atoms with E-state index in [1.54, 1.807) is 7.11 Å². The molecule has 0 aromatic rings. The second kappa shape index (κ2) is 7.13. The molecule has 0 atom stereocenters. The number of rotatable bonds is 4. The van der Waals surface area contributed by atoms with Crippen LogP contribution in [0.15, 0.2) is 0 Å². The Morgan fingerprint density at radius 2 is 1.39 bits per heavy atom. The number of carbonyl (C=O) groups is 1. The smallest absolute Gasteiger partial charge is 0.255 e. The highest BCUT2D eigenvalue weighted by Crippen LogP contribution is 2.30. The third kappa shape index (κ3) is 3.47. The van der Waals surface area contributed by atoms with Gasteiger partial charge in [-0.15, -0.1) is 0 Å². The van der Waals surface area contributed by atoms with Crippen molar-refractivity contribution >= 4 is 5.91 Å². The Morgan fingerprint density at radius 3 is 1.78 bits per heavy atom. The molecule has 0 spiro atoms. The zero-order valence-electron chi connectivity index (χ0n) is 11.6. The Labute approximate surface area is 111 Å². The van der Waals surface area contributed by atoms with Gasteiger partial charge in [0.1, 0.15) is 0 Å². The molecule has 0 aromatic carbocycles. The van der Waals surface area contributed by atoms with Gasteiger partial charge in [0.15, 0.2) is 6.61 Å². The summed E-state index contributed by atoms with van der Waals surface area (Å²) in [7, 11) is 1.57. The van der Waals surface area contributed by atoms with Crippen LogP contribution in [0.3, 0.4) is 0 Å². The van der Waals surface area contributed by atoms with Crippen molar-refractivity contribution in [1.82, 2.24) is 4.90 Å². The third-order valence-electron chi connectivity index (χ3n) is 4.41. The molecule has 3 heteroatoms. The van der Waals surface area contributed by atoms with Gasteiger partial charge >= 0.3 is 0 Å². The van der Waals surface area contributed by atoms with Crippen LogP contribution in [0.2, 0.25) is 0 Å². The molecule has 2 aliphatic carbocycles. The molecular weight excluding hydrogens is 226 g/mol. The number of amides is 1. The Morgan fingerprint density at radius 1 is 0.944 bits per heavy atom. The van der Waals surface area contributed by atoms with E-state index in [2.05, 4.69) is 4.90 Å². The first-order valence-corrected chi connectivity index (χ1v) is 7.51. The Balaban J connectivity index is 2.02. The van der Waals surface area contributed by atoms with E-state index in [0.29, 0.717) is 12.1 Å². The van der Waals surface area contributed by atoms with Crippen molar-refractivity contribution in [2.45, 2.75) is 76.3 Å². The van der Waals surface area contributed by atoms with Gasteiger partial charge in [-0.25, -0.2) is 0 Å². The third-order valence-corrected chi connectivity index (χ3v) is 4.41. The van der Waals surface area contributed by atoms with Gasteiger partial charge in [-0.2, -0.15) is 0 Å². The SMILES string of the molecule is CO[CH]C(=O)N(C1CCCCC1)C1CCCCC1. The lowest BCUT2D eigenvalue weighted by Crippen LogP contribution is -2.49. The van der Waals surface area contributed by atoms with Gasteiger partial charge in [0.25, 0.3) is 5.91 Å². The normalized spacial score (nSPS) is 22.9. The van der Waals surface area contributed by atoms with Crippen LogP contribution in [0.1, 0.15) is 64.2 Å². The summed E-state index contributed by atoms with van der Waals surface area (Å²) in [5.41, 5.74) is 0. The number of hydrogen-bond acceptors (Lipinski definition) is 2. The Kier molecular flexibility index (Phi) is 5.48. The zero-order chi connectivity index (χ0) is 12.8. The number of hydrogen-bond donors (Lipinski definition) is 0. The largest absolute Gasteiger partial charge is 0.368 e. The molecule has 1 amide bonds. The summed E-state index contributed by atoms with van der Waals surface area (Å²) in [6.07, 6.45) is 12.5. The Hall–Kier alpha value is -0.570. The summed E-state index contributed by atoms with van der Waals surface area (Å²) in [5, 5.41) is 0. The number of nitrogens with zero attached hydrogens (tertiary/aromatic N) is 1. The maximum absolute atomic E-state index is 12.3. The monoisotopic (exact) mass is 252 g/mol. The quantitative estimate of drug-likeness (QED) is 0.768. The molecule has 3 nitrogen and oxygen atoms in total. The molecule has 0 saturated heterocycles. The van der Waals surface area contributed by atoms with Crippen molar-refractivity contribution in [3.8, 4) is 0 Å². The van der Waals surface area contributed by atoms with E-state index in [0.717, 1.165) is 0 Å². The highest BCUT2D eigenvalue weighted by Gasteiger charge is 2.32. The van der Waals surface area contributed by atoms with Gasteiger partial charge < -0.3 is 9.64 Å². The van der Waals surface area contributed by atoms with Gasteiger partial charge in [-0.3, -0.25) is 4.79 Å². The molecule has 1 radical (unpaired) electrons. The molecule has 103 valence electrons. The highest BCUT2D eigenvalue weighted by molar-refractivity contribution is 5.83. The predicted octanol–water partition coefficient (Wildman–Crippen LogP) is 3.29. The van der Waals surface area contributed by atoms with Crippen LogP contribution in [0.25, 0.3) is 0 Å². The molecule has 2 rings (SSSR count). The van der Waals surface area contributed by atoms with Crippen LogP contribution >= 0.6 is 0 Å². The fraction of sp³-hybridized carbons (Fsp3) is 0.867. The molecular formula is C15H26NO2. The van der Waals surface area contributed by atoms with Crippen molar-refractivity contribution in [3.05, 3.63) is 6.61 Å². The van der Waals surface area contributed by atoms with Crippen molar-refractivity contribution in [3.63, 3.8) is 0 Å². The summed E-state index contributed by atoms with van der Waals surface area (Å²) in [4.78, 5) is 14.4. The minimum absolute atomic E-state index is 0.0938. The first-order chi connectivity index (χ1) is 8.83. The first kappa shape index (κ1) is 13.9. The average Bonchev–Trinajstić information content (AvgIpc) is 2.42. The van der Waals surface area contributed by atoms with Crippen LogP contribution in [0.5, 0.6) is 0 Å². The molecule has 0 heterocycles. The minimum Gasteiger partial charge on any atom is -0.368 e. The highest BCUT2D eigenvalue weighted by atomic mass is 16.5. The lowest BCUT2D eigenvalue weighted by atomic mass is 9.88. The van der Waals surface area contributed by atoms with Gasteiger partial charge in [0, 0.05) is 19.2 Å². The number of carbonyl (C=O) groups excluding carboxylic acids is 1. The summed E-state index contributed by atoms with van der Waals surface area (Å²) < 4.78 is 4.95. The van der Waals surface area contributed by atoms with E-state index in [4.69, 9.17) is 4.74 Å². The minimum atomic E-state index is 0.0938. The van der Waals surface area contributed by atoms with Crippen molar-refractivity contribution in [2.24, 2.45) is 0 Å². The van der Waals surface area contributed by atoms with Crippen LogP contribution < -0.4 is 0 Å². The standard InChI is InChI=1S/C15H26NO2/c1-18-12-15(17)16(13-8-4-2-5-9-13)14-10-6-3-7-11-14/h12-14H,2-11H2,1H3. The molecule has 0 aromatic heterocycles. The molecule has 0 N–H and O–H groups in total. The lowest BCUT2D eigenvalue weighted by Gasteiger charge is -2.41. The van der Waals surface area contributed by atoms with Crippen LogP contribution in [-0.2, 0) is 9.53 Å². The first-order valence-electron chi connectivity index (χ1n) is 7.51. The van der Waals surface area contributed by atoms with Crippen LogP contribution in [-0.4, -0.2) is 30.0 Å². The molecule has 18 heavy (non-hydrogen) atoms. The maximum Gasteiger partial charge on any atom is 0.255 e. The van der Waals surface area contributed by atoms with Gasteiger partial charge in [0.2, 0.25) is 0 Å². The topological polar surface area (TPSA) is 29.5 Å². The summed E-state index contributed by atoms with van der Waals surface area (Å²) >= 11 is 0. The van der Waals surface area contributed by atoms with Crippen molar-refractivity contribution in [2.75, 3.05) is 7.11 Å². The van der Waals surface area contributed by atoms with Gasteiger partial charge in [0.05, 0.1) is 0 Å². The second-order valence-electron chi connectivity index (χ2n) is 5.68. The molecule has 0 bridgehead atoms. The fourth-order valence-electron chi connectivity index (χ4n) is 3.54. The fourth-order valence-corrected chi connectivity index (χ4v) is 3.54. The summed E-state index contributed by atoms with van der Waals surface area (Å²) in [6.45, 7) is 1.39. The van der Waals surface area contributed by atoms with E-state index >= 15 is 0 Å². The summed E-state index contributed by atoms with van der Waals surface area (Å²) in [6, 6.07) is 0.918. The molecule has 2 aliphatic rings. The van der Waals surface area contributed by atoms with Crippen LogP contribution in [0.4, 0.5) is 0 Å². The average molecular weight is 252 g/mol. The zero-order valence-corrected chi connectivity index (χ0v) is 11.6. The van der Waals surface area contributed by atoms with E-state index in [1.807, 2.05) is 0 Å². The van der Waals surface area contributed by atoms with E-state index < -0.39 is 0 Å². The molecule has 0 aliphatic heterocycles. The Bertz CT molecular complexity index is 237. The molecule has 2 saturated carbocycles. The van der Waals surface area contributed by atoms with Crippen molar-refractivity contribution in [1.29, 1.82) is 0 Å². The van der Waals surface area contributed by atoms with Gasteiger partial charge in [-0.05, 0) is 25.7 Å². The lowest BCUT2D eigenvalue weighted by molar-refractivity contribution is -0.137. The number of ether oxygens (including phenoxy) is 1. The molecule has 0 unspecified atom stereocenters. The van der Waals surface area contributed by atoms with Gasteiger partial charge in [-0.1, -0.05) is 38.5 Å². The summed E-state index contributed by atoms with van der Waals surface area (Å²) in [5.74, 6) is 0.0938.